The van der Waals surface area contributed by atoms with Crippen molar-refractivity contribution < 1.29 is 9.18 Å². The third-order valence-electron chi connectivity index (χ3n) is 4.95. The van der Waals surface area contributed by atoms with Gasteiger partial charge in [0, 0.05) is 57.0 Å². The SMILES string of the molecule is CC(=O)N1CCc2c(c(Nc3cc(-c4cnn(C)c4)ccc3F)nn2C)C1. The lowest BCUT2D eigenvalue weighted by Gasteiger charge is -2.26. The van der Waals surface area contributed by atoms with E-state index in [0.29, 0.717) is 24.6 Å². The molecule has 140 valence electrons. The maximum absolute atomic E-state index is 14.4. The van der Waals surface area contributed by atoms with Crippen LogP contribution in [0.15, 0.2) is 30.6 Å². The van der Waals surface area contributed by atoms with E-state index < -0.39 is 0 Å². The minimum Gasteiger partial charge on any atom is -0.338 e. The van der Waals surface area contributed by atoms with Gasteiger partial charge in [-0.2, -0.15) is 10.2 Å². The van der Waals surface area contributed by atoms with Crippen LogP contribution < -0.4 is 5.32 Å². The van der Waals surface area contributed by atoms with Crippen LogP contribution in [0.2, 0.25) is 0 Å². The Morgan fingerprint density at radius 3 is 2.78 bits per heavy atom. The van der Waals surface area contributed by atoms with E-state index in [-0.39, 0.29) is 11.7 Å². The maximum Gasteiger partial charge on any atom is 0.219 e. The summed E-state index contributed by atoms with van der Waals surface area (Å²) < 4.78 is 17.9. The zero-order valence-corrected chi connectivity index (χ0v) is 15.5. The molecule has 1 aliphatic rings. The van der Waals surface area contributed by atoms with Gasteiger partial charge in [0.1, 0.15) is 5.82 Å². The number of nitrogens with zero attached hydrogens (tertiary/aromatic N) is 5. The Hall–Kier alpha value is -3.16. The van der Waals surface area contributed by atoms with Gasteiger partial charge in [0.2, 0.25) is 5.91 Å². The monoisotopic (exact) mass is 368 g/mol. The number of carbonyl (C=O) groups excluding carboxylic acids is 1. The predicted octanol–water partition coefficient (Wildman–Crippen LogP) is 2.61. The highest BCUT2D eigenvalue weighted by molar-refractivity contribution is 5.75. The van der Waals surface area contributed by atoms with Gasteiger partial charge in [-0.3, -0.25) is 14.2 Å². The highest BCUT2D eigenvalue weighted by Gasteiger charge is 2.25. The molecule has 0 radical (unpaired) electrons. The quantitative estimate of drug-likeness (QED) is 0.772. The zero-order chi connectivity index (χ0) is 19.1. The van der Waals surface area contributed by atoms with E-state index in [1.807, 2.05) is 20.3 Å². The van der Waals surface area contributed by atoms with Crippen LogP contribution in [0.5, 0.6) is 0 Å². The average molecular weight is 368 g/mol. The number of hydrogen-bond acceptors (Lipinski definition) is 4. The summed E-state index contributed by atoms with van der Waals surface area (Å²) >= 11 is 0. The number of fused-ring (bicyclic) bond motifs is 1. The topological polar surface area (TPSA) is 68.0 Å². The molecule has 2 aromatic heterocycles. The standard InChI is InChI=1S/C19H21FN6O/c1-12(27)26-7-6-18-15(11-26)19(23-25(18)3)22-17-8-13(4-5-16(17)20)14-9-21-24(2)10-14/h4-5,8-10H,6-7,11H2,1-3H3,(H,22,23). The maximum atomic E-state index is 14.4. The number of halogens is 1. The average Bonchev–Trinajstić information content (AvgIpc) is 3.20. The molecule has 0 saturated carbocycles. The van der Waals surface area contributed by atoms with Gasteiger partial charge in [-0.15, -0.1) is 0 Å². The Kier molecular flexibility index (Phi) is 4.18. The summed E-state index contributed by atoms with van der Waals surface area (Å²) in [5.74, 6) is 0.252. The fourth-order valence-electron chi connectivity index (χ4n) is 3.46. The van der Waals surface area contributed by atoms with E-state index in [1.54, 1.807) is 39.5 Å². The van der Waals surface area contributed by atoms with Crippen LogP contribution in [0.3, 0.4) is 0 Å². The molecule has 8 heteroatoms. The van der Waals surface area contributed by atoms with E-state index in [2.05, 4.69) is 15.5 Å². The van der Waals surface area contributed by atoms with Crippen LogP contribution in [0, 0.1) is 5.82 Å². The summed E-state index contributed by atoms with van der Waals surface area (Å²) in [5.41, 5.74) is 4.12. The Morgan fingerprint density at radius 2 is 2.07 bits per heavy atom. The van der Waals surface area contributed by atoms with Crippen molar-refractivity contribution in [3.63, 3.8) is 0 Å². The van der Waals surface area contributed by atoms with E-state index in [0.717, 1.165) is 28.8 Å². The van der Waals surface area contributed by atoms with Crippen molar-refractivity contribution in [3.05, 3.63) is 47.7 Å². The minimum absolute atomic E-state index is 0.0280. The molecule has 27 heavy (non-hydrogen) atoms. The highest BCUT2D eigenvalue weighted by Crippen LogP contribution is 2.31. The largest absolute Gasteiger partial charge is 0.338 e. The van der Waals surface area contributed by atoms with Gasteiger partial charge in [-0.1, -0.05) is 6.07 Å². The molecule has 1 aromatic carbocycles. The molecule has 1 aliphatic heterocycles. The van der Waals surface area contributed by atoms with Crippen molar-refractivity contribution in [3.8, 4) is 11.1 Å². The third kappa shape index (κ3) is 3.18. The van der Waals surface area contributed by atoms with Gasteiger partial charge in [0.25, 0.3) is 0 Å². The lowest BCUT2D eigenvalue weighted by molar-refractivity contribution is -0.129. The molecule has 3 aromatic rings. The first-order chi connectivity index (χ1) is 12.9. The fourth-order valence-corrected chi connectivity index (χ4v) is 3.46. The van der Waals surface area contributed by atoms with Crippen molar-refractivity contribution in [2.45, 2.75) is 19.9 Å². The van der Waals surface area contributed by atoms with Crippen molar-refractivity contribution in [2.75, 3.05) is 11.9 Å². The Morgan fingerprint density at radius 1 is 1.26 bits per heavy atom. The summed E-state index contributed by atoms with van der Waals surface area (Å²) in [6.45, 7) is 2.71. The van der Waals surface area contributed by atoms with Crippen molar-refractivity contribution >= 4 is 17.4 Å². The Balaban J connectivity index is 1.68. The summed E-state index contributed by atoms with van der Waals surface area (Å²) in [4.78, 5) is 13.5. The lowest BCUT2D eigenvalue weighted by Crippen LogP contribution is -2.34. The first-order valence-electron chi connectivity index (χ1n) is 8.78. The molecule has 0 unspecified atom stereocenters. The molecule has 4 rings (SSSR count). The van der Waals surface area contributed by atoms with Crippen LogP contribution >= 0.6 is 0 Å². The van der Waals surface area contributed by atoms with Crippen LogP contribution in [0.4, 0.5) is 15.9 Å². The van der Waals surface area contributed by atoms with E-state index in [1.165, 1.54) is 6.07 Å². The van der Waals surface area contributed by atoms with Crippen LogP contribution in [-0.4, -0.2) is 36.9 Å². The van der Waals surface area contributed by atoms with Crippen molar-refractivity contribution in [1.29, 1.82) is 0 Å². The van der Waals surface area contributed by atoms with Crippen LogP contribution in [-0.2, 0) is 31.9 Å². The molecule has 1 amide bonds. The van der Waals surface area contributed by atoms with Gasteiger partial charge in [-0.05, 0) is 17.7 Å². The first-order valence-corrected chi connectivity index (χ1v) is 8.78. The molecule has 3 heterocycles. The number of benzene rings is 1. The van der Waals surface area contributed by atoms with Gasteiger partial charge < -0.3 is 10.2 Å². The molecular weight excluding hydrogens is 347 g/mol. The molecular formula is C19H21FN6O. The number of carbonyl (C=O) groups is 1. The molecule has 0 aliphatic carbocycles. The Bertz CT molecular complexity index is 1020. The Labute approximate surface area is 156 Å². The molecule has 0 bridgehead atoms. The summed E-state index contributed by atoms with van der Waals surface area (Å²) in [5, 5.41) is 11.8. The number of hydrogen-bond donors (Lipinski definition) is 1. The summed E-state index contributed by atoms with van der Waals surface area (Å²) in [6.07, 6.45) is 4.35. The molecule has 0 atom stereocenters. The second-order valence-corrected chi connectivity index (χ2v) is 6.81. The second-order valence-electron chi connectivity index (χ2n) is 6.81. The van der Waals surface area contributed by atoms with Crippen LogP contribution in [0.25, 0.3) is 11.1 Å². The fraction of sp³-hybridized carbons (Fsp3) is 0.316. The van der Waals surface area contributed by atoms with Gasteiger partial charge >= 0.3 is 0 Å². The molecule has 7 nitrogen and oxygen atoms in total. The van der Waals surface area contributed by atoms with Gasteiger partial charge in [0.05, 0.1) is 18.4 Å². The van der Waals surface area contributed by atoms with Crippen LogP contribution in [0.1, 0.15) is 18.2 Å². The van der Waals surface area contributed by atoms with Gasteiger partial charge in [-0.25, -0.2) is 4.39 Å². The molecule has 1 N–H and O–H groups in total. The molecule has 0 spiro atoms. The number of aryl methyl sites for hydroxylation is 2. The highest BCUT2D eigenvalue weighted by atomic mass is 19.1. The number of aromatic nitrogens is 4. The van der Waals surface area contributed by atoms with E-state index in [9.17, 15) is 9.18 Å². The smallest absolute Gasteiger partial charge is 0.219 e. The summed E-state index contributed by atoms with van der Waals surface area (Å²) in [7, 11) is 3.71. The van der Waals surface area contributed by atoms with Crippen molar-refractivity contribution in [1.82, 2.24) is 24.5 Å². The molecule has 0 fully saturated rings. The zero-order valence-electron chi connectivity index (χ0n) is 15.5. The molecule has 0 saturated heterocycles. The number of amides is 1. The first kappa shape index (κ1) is 17.3. The number of anilines is 2. The summed E-state index contributed by atoms with van der Waals surface area (Å²) in [6, 6.07) is 4.91. The van der Waals surface area contributed by atoms with E-state index in [4.69, 9.17) is 0 Å². The normalized spacial score (nSPS) is 13.6. The van der Waals surface area contributed by atoms with Gasteiger partial charge in [0.15, 0.2) is 5.82 Å². The predicted molar refractivity (Wildman–Crippen MR) is 99.9 cm³/mol. The van der Waals surface area contributed by atoms with Crippen molar-refractivity contribution in [2.24, 2.45) is 14.1 Å². The lowest BCUT2D eigenvalue weighted by atomic mass is 10.1. The number of rotatable bonds is 3. The van der Waals surface area contributed by atoms with E-state index >= 15 is 0 Å². The second kappa shape index (κ2) is 6.53. The number of nitrogens with one attached hydrogen (secondary N) is 1. The third-order valence-corrected chi connectivity index (χ3v) is 4.95. The minimum atomic E-state index is -0.360.